The zero-order valence-corrected chi connectivity index (χ0v) is 11.8. The number of rotatable bonds is 2. The molecule has 0 aliphatic carbocycles. The first kappa shape index (κ1) is 12.3. The molecule has 98 valence electrons. The highest BCUT2D eigenvalue weighted by Crippen LogP contribution is 2.35. The van der Waals surface area contributed by atoms with Crippen molar-refractivity contribution in [2.45, 2.75) is 32.1 Å². The van der Waals surface area contributed by atoms with E-state index in [-0.39, 0.29) is 0 Å². The Kier molecular flexibility index (Phi) is 3.49. The fourth-order valence-electron chi connectivity index (χ4n) is 3.23. The average Bonchev–Trinajstić information content (AvgIpc) is 3.02. The Morgan fingerprint density at radius 3 is 2.72 bits per heavy atom. The van der Waals surface area contributed by atoms with Crippen molar-refractivity contribution in [3.05, 3.63) is 28.3 Å². The van der Waals surface area contributed by atoms with Gasteiger partial charge in [0.05, 0.1) is 0 Å². The van der Waals surface area contributed by atoms with Gasteiger partial charge in [-0.15, -0.1) is 0 Å². The normalized spacial score (nSPS) is 23.9. The highest BCUT2D eigenvalue weighted by molar-refractivity contribution is 6.31. The lowest BCUT2D eigenvalue weighted by Gasteiger charge is -2.22. The van der Waals surface area contributed by atoms with Gasteiger partial charge in [-0.05, 0) is 55.8 Å². The van der Waals surface area contributed by atoms with Crippen LogP contribution in [0.1, 0.15) is 36.3 Å². The third-order valence-corrected chi connectivity index (χ3v) is 4.59. The number of benzene rings is 1. The van der Waals surface area contributed by atoms with Crippen molar-refractivity contribution in [3.8, 4) is 0 Å². The van der Waals surface area contributed by atoms with Crippen LogP contribution in [0.3, 0.4) is 0 Å². The van der Waals surface area contributed by atoms with Gasteiger partial charge in [0.15, 0.2) is 0 Å². The summed E-state index contributed by atoms with van der Waals surface area (Å²) in [4.78, 5) is 2.47. The topological polar surface area (TPSA) is 15.3 Å². The number of hydrogen-bond donors (Lipinski definition) is 1. The maximum absolute atomic E-state index is 6.51. The molecule has 1 aromatic carbocycles. The number of hydrogen-bond acceptors (Lipinski definition) is 2. The van der Waals surface area contributed by atoms with Crippen molar-refractivity contribution in [3.63, 3.8) is 0 Å². The highest BCUT2D eigenvalue weighted by Gasteiger charge is 2.22. The third-order valence-electron chi connectivity index (χ3n) is 4.26. The van der Waals surface area contributed by atoms with Crippen LogP contribution in [0.15, 0.2) is 12.1 Å². The molecule has 0 spiro atoms. The first-order valence-corrected chi connectivity index (χ1v) is 7.39. The third kappa shape index (κ3) is 2.24. The van der Waals surface area contributed by atoms with E-state index in [1.165, 1.54) is 49.2 Å². The number of nitrogens with one attached hydrogen (secondary N) is 1. The summed E-state index contributed by atoms with van der Waals surface area (Å²) >= 11 is 6.51. The lowest BCUT2D eigenvalue weighted by atomic mass is 9.96. The molecule has 1 unspecified atom stereocenters. The van der Waals surface area contributed by atoms with E-state index in [2.05, 4.69) is 29.3 Å². The molecule has 0 amide bonds. The zero-order chi connectivity index (χ0) is 12.5. The molecule has 2 aliphatic heterocycles. The summed E-state index contributed by atoms with van der Waals surface area (Å²) in [5.41, 5.74) is 4.05. The summed E-state index contributed by atoms with van der Waals surface area (Å²) in [6.07, 6.45) is 3.83. The van der Waals surface area contributed by atoms with E-state index in [1.54, 1.807) is 0 Å². The molecule has 2 saturated heterocycles. The molecule has 2 nitrogen and oxygen atoms in total. The lowest BCUT2D eigenvalue weighted by Crippen LogP contribution is -2.19. The second-order valence-electron chi connectivity index (χ2n) is 5.54. The largest absolute Gasteiger partial charge is 0.371 e. The molecule has 0 bridgehead atoms. The summed E-state index contributed by atoms with van der Waals surface area (Å²) in [6, 6.07) is 4.50. The molecule has 1 atom stereocenters. The maximum Gasteiger partial charge on any atom is 0.0462 e. The van der Waals surface area contributed by atoms with E-state index >= 15 is 0 Å². The van der Waals surface area contributed by atoms with Gasteiger partial charge in [-0.2, -0.15) is 0 Å². The summed E-state index contributed by atoms with van der Waals surface area (Å²) in [6.45, 7) is 6.77. The van der Waals surface area contributed by atoms with Crippen LogP contribution >= 0.6 is 11.6 Å². The van der Waals surface area contributed by atoms with Crippen molar-refractivity contribution in [2.24, 2.45) is 0 Å². The Morgan fingerprint density at radius 2 is 2.06 bits per heavy atom. The van der Waals surface area contributed by atoms with Crippen molar-refractivity contribution >= 4 is 17.3 Å². The predicted molar refractivity (Wildman–Crippen MR) is 77.9 cm³/mol. The van der Waals surface area contributed by atoms with E-state index in [9.17, 15) is 0 Å². The lowest BCUT2D eigenvalue weighted by molar-refractivity contribution is 0.762. The molecule has 1 aromatic rings. The van der Waals surface area contributed by atoms with Crippen LogP contribution in [0.5, 0.6) is 0 Å². The van der Waals surface area contributed by atoms with Crippen LogP contribution in [-0.4, -0.2) is 26.2 Å². The summed E-state index contributed by atoms with van der Waals surface area (Å²) in [7, 11) is 0. The molecule has 0 radical (unpaired) electrons. The molecule has 0 aromatic heterocycles. The van der Waals surface area contributed by atoms with Crippen LogP contribution < -0.4 is 10.2 Å². The van der Waals surface area contributed by atoms with E-state index in [1.807, 2.05) is 0 Å². The van der Waals surface area contributed by atoms with Gasteiger partial charge in [0, 0.05) is 30.3 Å². The minimum absolute atomic E-state index is 0.601. The SMILES string of the molecule is Cc1cc(C2CCNC2)c(Cl)cc1N1CCCC1. The van der Waals surface area contributed by atoms with E-state index in [4.69, 9.17) is 11.6 Å². The van der Waals surface area contributed by atoms with Gasteiger partial charge in [-0.1, -0.05) is 17.7 Å². The summed E-state index contributed by atoms with van der Waals surface area (Å²) in [5, 5.41) is 4.37. The molecule has 3 rings (SSSR count). The highest BCUT2D eigenvalue weighted by atomic mass is 35.5. The summed E-state index contributed by atoms with van der Waals surface area (Å²) < 4.78 is 0. The molecule has 2 aliphatic rings. The molecule has 18 heavy (non-hydrogen) atoms. The fourth-order valence-corrected chi connectivity index (χ4v) is 3.54. The quantitative estimate of drug-likeness (QED) is 0.882. The van der Waals surface area contributed by atoms with Crippen LogP contribution in [-0.2, 0) is 0 Å². The molecule has 3 heteroatoms. The van der Waals surface area contributed by atoms with Gasteiger partial charge >= 0.3 is 0 Å². The second-order valence-corrected chi connectivity index (χ2v) is 5.95. The Bertz CT molecular complexity index is 391. The maximum atomic E-state index is 6.51. The van der Waals surface area contributed by atoms with Gasteiger partial charge in [0.25, 0.3) is 0 Å². The van der Waals surface area contributed by atoms with Crippen LogP contribution in [0, 0.1) is 6.92 Å². The van der Waals surface area contributed by atoms with Gasteiger partial charge in [-0.25, -0.2) is 0 Å². The minimum atomic E-state index is 0.601. The number of aryl methyl sites for hydroxylation is 1. The predicted octanol–water partition coefficient (Wildman–Crippen LogP) is 3.33. The van der Waals surface area contributed by atoms with Crippen LogP contribution in [0.2, 0.25) is 5.02 Å². The first-order valence-electron chi connectivity index (χ1n) is 7.01. The molecular formula is C15H21ClN2. The van der Waals surface area contributed by atoms with Crippen LogP contribution in [0.4, 0.5) is 5.69 Å². The Morgan fingerprint density at radius 1 is 1.28 bits per heavy atom. The second kappa shape index (κ2) is 5.10. The minimum Gasteiger partial charge on any atom is -0.371 e. The van der Waals surface area contributed by atoms with Crippen molar-refractivity contribution in [2.75, 3.05) is 31.1 Å². The molecule has 1 N–H and O–H groups in total. The molecule has 2 fully saturated rings. The van der Waals surface area contributed by atoms with E-state index < -0.39 is 0 Å². The smallest absolute Gasteiger partial charge is 0.0462 e. The van der Waals surface area contributed by atoms with Gasteiger partial charge in [-0.3, -0.25) is 0 Å². The Labute approximate surface area is 114 Å². The zero-order valence-electron chi connectivity index (χ0n) is 11.0. The van der Waals surface area contributed by atoms with Crippen LogP contribution in [0.25, 0.3) is 0 Å². The standard InChI is InChI=1S/C15H21ClN2/c1-11-8-13(12-4-5-17-10-12)14(16)9-15(11)18-6-2-3-7-18/h8-9,12,17H,2-7,10H2,1H3. The van der Waals surface area contributed by atoms with E-state index in [0.29, 0.717) is 5.92 Å². The average molecular weight is 265 g/mol. The van der Waals surface area contributed by atoms with Gasteiger partial charge < -0.3 is 10.2 Å². The number of anilines is 1. The van der Waals surface area contributed by atoms with E-state index in [0.717, 1.165) is 18.1 Å². The molecular weight excluding hydrogens is 244 g/mol. The Hall–Kier alpha value is -0.730. The summed E-state index contributed by atoms with van der Waals surface area (Å²) in [5.74, 6) is 0.601. The van der Waals surface area contributed by atoms with Crippen molar-refractivity contribution in [1.29, 1.82) is 0 Å². The van der Waals surface area contributed by atoms with Gasteiger partial charge in [0.1, 0.15) is 0 Å². The van der Waals surface area contributed by atoms with Crippen molar-refractivity contribution < 1.29 is 0 Å². The monoisotopic (exact) mass is 264 g/mol. The first-order chi connectivity index (χ1) is 8.75. The van der Waals surface area contributed by atoms with Crippen molar-refractivity contribution in [1.82, 2.24) is 5.32 Å². The number of nitrogens with zero attached hydrogens (tertiary/aromatic N) is 1. The molecule has 0 saturated carbocycles. The Balaban J connectivity index is 1.91. The number of halogens is 1. The molecule has 2 heterocycles. The fraction of sp³-hybridized carbons (Fsp3) is 0.600. The van der Waals surface area contributed by atoms with Gasteiger partial charge in [0.2, 0.25) is 0 Å².